The van der Waals surface area contributed by atoms with E-state index in [1.54, 1.807) is 0 Å². The molecular weight excluding hydrogens is 346 g/mol. The van der Waals surface area contributed by atoms with Crippen LogP contribution < -0.4 is 5.32 Å². The van der Waals surface area contributed by atoms with Gasteiger partial charge < -0.3 is 5.32 Å². The van der Waals surface area contributed by atoms with Crippen LogP contribution in [0.1, 0.15) is 71.2 Å². The van der Waals surface area contributed by atoms with E-state index in [1.807, 2.05) is 43.7 Å². The van der Waals surface area contributed by atoms with Crippen molar-refractivity contribution < 1.29 is 4.79 Å². The van der Waals surface area contributed by atoms with Gasteiger partial charge in [-0.25, -0.2) is 0 Å². The van der Waals surface area contributed by atoms with Crippen LogP contribution in [0.25, 0.3) is 0 Å². The Kier molecular flexibility index (Phi) is 5.98. The van der Waals surface area contributed by atoms with Gasteiger partial charge in [0.25, 0.3) is 5.91 Å². The van der Waals surface area contributed by atoms with Crippen LogP contribution in [-0.4, -0.2) is 15.7 Å². The molecule has 4 heteroatoms. The number of hydrogen-bond acceptors (Lipinski definition) is 2. The summed E-state index contributed by atoms with van der Waals surface area (Å²) in [4.78, 5) is 12.9. The van der Waals surface area contributed by atoms with E-state index >= 15 is 0 Å². The topological polar surface area (TPSA) is 46.9 Å². The zero-order chi connectivity index (χ0) is 20.3. The maximum atomic E-state index is 12.9. The molecule has 146 valence electrons. The fourth-order valence-corrected chi connectivity index (χ4v) is 3.46. The van der Waals surface area contributed by atoms with E-state index in [2.05, 4.69) is 60.7 Å². The standard InChI is InChI=1S/C24H29N3O/c1-16(2)21-11-13-22(14-12-21)17(3)25-24(28)23-18(4)26-27(19(23)5)15-20-9-7-6-8-10-20/h6-14,16-17H,15H2,1-5H3,(H,25,28)/t17-/m1/s1. The molecule has 0 radical (unpaired) electrons. The predicted octanol–water partition coefficient (Wildman–Crippen LogP) is 5.16. The Morgan fingerprint density at radius 3 is 2.18 bits per heavy atom. The summed E-state index contributed by atoms with van der Waals surface area (Å²) in [7, 11) is 0. The van der Waals surface area contributed by atoms with Crippen molar-refractivity contribution in [3.8, 4) is 0 Å². The third-order valence-electron chi connectivity index (χ3n) is 5.23. The van der Waals surface area contributed by atoms with Crippen LogP contribution in [0.15, 0.2) is 54.6 Å². The van der Waals surface area contributed by atoms with Crippen molar-refractivity contribution in [1.82, 2.24) is 15.1 Å². The lowest BCUT2D eigenvalue weighted by atomic mass is 9.99. The molecule has 0 aliphatic carbocycles. The van der Waals surface area contributed by atoms with Crippen LogP contribution >= 0.6 is 0 Å². The highest BCUT2D eigenvalue weighted by Crippen LogP contribution is 2.20. The smallest absolute Gasteiger partial charge is 0.255 e. The Morgan fingerprint density at radius 1 is 0.964 bits per heavy atom. The van der Waals surface area contributed by atoms with Gasteiger partial charge in [0.05, 0.1) is 23.8 Å². The summed E-state index contributed by atoms with van der Waals surface area (Å²) in [5.74, 6) is 0.425. The van der Waals surface area contributed by atoms with E-state index in [4.69, 9.17) is 0 Å². The zero-order valence-corrected chi connectivity index (χ0v) is 17.4. The highest BCUT2D eigenvalue weighted by molar-refractivity contribution is 5.96. The van der Waals surface area contributed by atoms with Gasteiger partial charge in [0, 0.05) is 5.69 Å². The monoisotopic (exact) mass is 375 g/mol. The molecular formula is C24H29N3O. The zero-order valence-electron chi connectivity index (χ0n) is 17.4. The first-order valence-electron chi connectivity index (χ1n) is 9.85. The van der Waals surface area contributed by atoms with Crippen molar-refractivity contribution in [1.29, 1.82) is 0 Å². The minimum atomic E-state index is -0.0743. The molecule has 0 bridgehead atoms. The Hall–Kier alpha value is -2.88. The molecule has 3 rings (SSSR count). The molecule has 28 heavy (non-hydrogen) atoms. The number of benzene rings is 2. The number of carbonyl (C=O) groups excluding carboxylic acids is 1. The number of aromatic nitrogens is 2. The van der Waals surface area contributed by atoms with Crippen LogP contribution in [-0.2, 0) is 6.54 Å². The summed E-state index contributed by atoms with van der Waals surface area (Å²) < 4.78 is 1.90. The second kappa shape index (κ2) is 8.42. The fourth-order valence-electron chi connectivity index (χ4n) is 3.46. The minimum absolute atomic E-state index is 0.0648. The molecule has 1 aromatic heterocycles. The summed E-state index contributed by atoms with van der Waals surface area (Å²) in [5.41, 5.74) is 5.88. The van der Waals surface area contributed by atoms with Gasteiger partial charge in [-0.2, -0.15) is 5.10 Å². The van der Waals surface area contributed by atoms with E-state index in [1.165, 1.54) is 11.1 Å². The van der Waals surface area contributed by atoms with E-state index in [0.29, 0.717) is 18.0 Å². The third-order valence-corrected chi connectivity index (χ3v) is 5.23. The summed E-state index contributed by atoms with van der Waals surface area (Å²) in [6, 6.07) is 18.6. The molecule has 1 atom stereocenters. The average molecular weight is 376 g/mol. The van der Waals surface area contributed by atoms with Gasteiger partial charge in [-0.05, 0) is 43.4 Å². The SMILES string of the molecule is Cc1nn(Cc2ccccc2)c(C)c1C(=O)N[C@H](C)c1ccc(C(C)C)cc1. The van der Waals surface area contributed by atoms with Gasteiger partial charge in [0.2, 0.25) is 0 Å². The molecule has 0 aliphatic heterocycles. The van der Waals surface area contributed by atoms with Crippen molar-refractivity contribution in [2.45, 2.75) is 53.1 Å². The Labute approximate surface area is 167 Å². The second-order valence-corrected chi connectivity index (χ2v) is 7.71. The molecule has 3 aromatic rings. The van der Waals surface area contributed by atoms with Crippen molar-refractivity contribution in [3.63, 3.8) is 0 Å². The minimum Gasteiger partial charge on any atom is -0.345 e. The Morgan fingerprint density at radius 2 is 1.57 bits per heavy atom. The molecule has 1 heterocycles. The van der Waals surface area contributed by atoms with Crippen LogP contribution in [0.3, 0.4) is 0 Å². The Balaban J connectivity index is 1.75. The molecule has 0 spiro atoms. The first-order chi connectivity index (χ1) is 13.4. The second-order valence-electron chi connectivity index (χ2n) is 7.71. The lowest BCUT2D eigenvalue weighted by molar-refractivity contribution is 0.0938. The predicted molar refractivity (Wildman–Crippen MR) is 114 cm³/mol. The third kappa shape index (κ3) is 4.33. The molecule has 1 N–H and O–H groups in total. The van der Waals surface area contributed by atoms with Crippen molar-refractivity contribution in [3.05, 3.63) is 88.2 Å². The van der Waals surface area contributed by atoms with Gasteiger partial charge in [-0.1, -0.05) is 68.4 Å². The lowest BCUT2D eigenvalue weighted by Crippen LogP contribution is -2.27. The normalized spacial score (nSPS) is 12.2. The summed E-state index contributed by atoms with van der Waals surface area (Å²) in [5, 5.41) is 7.72. The molecule has 0 saturated heterocycles. The highest BCUT2D eigenvalue weighted by atomic mass is 16.1. The highest BCUT2D eigenvalue weighted by Gasteiger charge is 2.20. The quantitative estimate of drug-likeness (QED) is 0.647. The molecule has 0 aliphatic rings. The molecule has 4 nitrogen and oxygen atoms in total. The van der Waals surface area contributed by atoms with Crippen LogP contribution in [0, 0.1) is 13.8 Å². The number of hydrogen-bond donors (Lipinski definition) is 1. The summed E-state index contributed by atoms with van der Waals surface area (Å²) in [6.45, 7) is 10.9. The molecule has 0 fully saturated rings. The van der Waals surface area contributed by atoms with Gasteiger partial charge in [0.15, 0.2) is 0 Å². The van der Waals surface area contributed by atoms with Gasteiger partial charge in [0.1, 0.15) is 0 Å². The summed E-state index contributed by atoms with van der Waals surface area (Å²) in [6.07, 6.45) is 0. The molecule has 0 unspecified atom stereocenters. The maximum absolute atomic E-state index is 12.9. The molecule has 1 amide bonds. The van der Waals surface area contributed by atoms with Crippen LogP contribution in [0.2, 0.25) is 0 Å². The number of nitrogens with zero attached hydrogens (tertiary/aromatic N) is 2. The first kappa shape index (κ1) is 19.9. The maximum Gasteiger partial charge on any atom is 0.255 e. The first-order valence-corrected chi connectivity index (χ1v) is 9.85. The van der Waals surface area contributed by atoms with Crippen molar-refractivity contribution >= 4 is 5.91 Å². The van der Waals surface area contributed by atoms with E-state index in [0.717, 1.165) is 17.0 Å². The lowest BCUT2D eigenvalue weighted by Gasteiger charge is -2.16. The number of carbonyl (C=O) groups is 1. The largest absolute Gasteiger partial charge is 0.345 e. The molecule has 2 aromatic carbocycles. The van der Waals surface area contributed by atoms with Crippen LogP contribution in [0.4, 0.5) is 0 Å². The number of rotatable bonds is 6. The fraction of sp³-hybridized carbons (Fsp3) is 0.333. The van der Waals surface area contributed by atoms with Gasteiger partial charge in [-0.3, -0.25) is 9.48 Å². The van der Waals surface area contributed by atoms with Crippen molar-refractivity contribution in [2.75, 3.05) is 0 Å². The number of amides is 1. The Bertz CT molecular complexity index is 940. The van der Waals surface area contributed by atoms with Gasteiger partial charge in [-0.15, -0.1) is 0 Å². The summed E-state index contributed by atoms with van der Waals surface area (Å²) >= 11 is 0. The van der Waals surface area contributed by atoms with Crippen molar-refractivity contribution in [2.24, 2.45) is 0 Å². The number of aryl methyl sites for hydroxylation is 1. The van der Waals surface area contributed by atoms with E-state index < -0.39 is 0 Å². The van der Waals surface area contributed by atoms with E-state index in [9.17, 15) is 4.79 Å². The molecule has 0 saturated carbocycles. The van der Waals surface area contributed by atoms with Crippen LogP contribution in [0.5, 0.6) is 0 Å². The number of nitrogens with one attached hydrogen (secondary N) is 1. The van der Waals surface area contributed by atoms with E-state index in [-0.39, 0.29) is 11.9 Å². The average Bonchev–Trinajstić information content (AvgIpc) is 2.95. The van der Waals surface area contributed by atoms with Gasteiger partial charge >= 0.3 is 0 Å².